The third-order valence-electron chi connectivity index (χ3n) is 5.87. The highest BCUT2D eigenvalue weighted by molar-refractivity contribution is 5.95. The van der Waals surface area contributed by atoms with Gasteiger partial charge in [-0.2, -0.15) is 0 Å². The van der Waals surface area contributed by atoms with Crippen LogP contribution < -0.4 is 10.9 Å². The number of nitrogens with one attached hydrogen (secondary N) is 2. The third kappa shape index (κ3) is 7.92. The van der Waals surface area contributed by atoms with Crippen LogP contribution in [-0.2, 0) is 20.9 Å². The van der Waals surface area contributed by atoms with Gasteiger partial charge in [-0.1, -0.05) is 17.7 Å². The largest absolute Gasteiger partial charge is 0.436 e. The molecule has 11 heteroatoms. The quantitative estimate of drug-likeness (QED) is 0.372. The standard InChI is InChI=1S/C29H36N6O5/c1-19(2)16-20-13-14-30-23-17-21(31-26(20)23)18-35-15-9-10-22(28(35)38)32-27(37)24(40-29(39)34(5)6)11-7-8-12-25(36)33(3)4/h8-10,12-17,24,31H,7,11,18H2,1-6H3,(H,32,37). The van der Waals surface area contributed by atoms with Crippen molar-refractivity contribution in [3.8, 4) is 0 Å². The summed E-state index contributed by atoms with van der Waals surface area (Å²) in [6.07, 6.45) is 6.99. The molecule has 1 atom stereocenters. The first-order valence-corrected chi connectivity index (χ1v) is 12.8. The Morgan fingerprint density at radius 2 is 1.90 bits per heavy atom. The predicted molar refractivity (Wildman–Crippen MR) is 155 cm³/mol. The fraction of sp³-hybridized carbons (Fsp3) is 0.345. The van der Waals surface area contributed by atoms with E-state index in [-0.39, 0.29) is 24.6 Å². The Morgan fingerprint density at radius 1 is 1.15 bits per heavy atom. The molecule has 0 aliphatic heterocycles. The lowest BCUT2D eigenvalue weighted by Crippen LogP contribution is -2.37. The number of aromatic amines is 1. The van der Waals surface area contributed by atoms with E-state index in [2.05, 4.69) is 21.4 Å². The van der Waals surface area contributed by atoms with Crippen LogP contribution in [0.1, 0.15) is 37.9 Å². The van der Waals surface area contributed by atoms with Gasteiger partial charge in [0, 0.05) is 51.8 Å². The number of H-pyrrole nitrogens is 1. The normalized spacial score (nSPS) is 11.8. The lowest BCUT2D eigenvalue weighted by molar-refractivity contribution is -0.125. The van der Waals surface area contributed by atoms with Crippen LogP contribution in [0.25, 0.3) is 17.1 Å². The molecule has 0 radical (unpaired) electrons. The molecule has 0 fully saturated rings. The van der Waals surface area contributed by atoms with Gasteiger partial charge in [-0.15, -0.1) is 0 Å². The van der Waals surface area contributed by atoms with Crippen LogP contribution in [0.5, 0.6) is 0 Å². The van der Waals surface area contributed by atoms with E-state index < -0.39 is 23.7 Å². The molecule has 0 aliphatic rings. The summed E-state index contributed by atoms with van der Waals surface area (Å²) in [6, 6.07) is 6.97. The van der Waals surface area contributed by atoms with Gasteiger partial charge in [0.2, 0.25) is 5.91 Å². The maximum absolute atomic E-state index is 13.2. The summed E-state index contributed by atoms with van der Waals surface area (Å²) in [5, 5.41) is 2.61. The summed E-state index contributed by atoms with van der Waals surface area (Å²) in [5.74, 6) is -0.839. The molecule has 3 heterocycles. The van der Waals surface area contributed by atoms with E-state index in [1.807, 2.05) is 26.0 Å². The van der Waals surface area contributed by atoms with E-state index in [0.29, 0.717) is 6.42 Å². The number of aromatic nitrogens is 3. The van der Waals surface area contributed by atoms with Crippen LogP contribution in [0.4, 0.5) is 10.5 Å². The molecular weight excluding hydrogens is 512 g/mol. The van der Waals surface area contributed by atoms with Crippen LogP contribution in [0.15, 0.2) is 59.2 Å². The Bertz CT molecular complexity index is 1490. The fourth-order valence-corrected chi connectivity index (χ4v) is 3.82. The molecule has 0 saturated heterocycles. The second kappa shape index (κ2) is 13.4. The number of allylic oxidation sites excluding steroid dienone is 2. The molecule has 1 unspecified atom stereocenters. The van der Waals surface area contributed by atoms with E-state index in [1.54, 1.807) is 38.6 Å². The number of likely N-dealkylation sites (N-methyl/N-ethyl adjacent to an activating group) is 1. The van der Waals surface area contributed by atoms with Gasteiger partial charge in [-0.3, -0.25) is 19.4 Å². The number of anilines is 1. The zero-order valence-electron chi connectivity index (χ0n) is 23.7. The maximum Gasteiger partial charge on any atom is 0.410 e. The van der Waals surface area contributed by atoms with Crippen molar-refractivity contribution in [3.05, 3.63) is 76.0 Å². The molecule has 0 saturated carbocycles. The number of amides is 3. The van der Waals surface area contributed by atoms with Crippen molar-refractivity contribution in [1.29, 1.82) is 0 Å². The van der Waals surface area contributed by atoms with Gasteiger partial charge in [0.15, 0.2) is 6.10 Å². The number of carbonyl (C=O) groups is 3. The predicted octanol–water partition coefficient (Wildman–Crippen LogP) is 3.63. The van der Waals surface area contributed by atoms with Gasteiger partial charge in [-0.05, 0) is 57.0 Å². The van der Waals surface area contributed by atoms with Gasteiger partial charge < -0.3 is 29.4 Å². The van der Waals surface area contributed by atoms with Crippen molar-refractivity contribution in [2.45, 2.75) is 39.3 Å². The van der Waals surface area contributed by atoms with Gasteiger partial charge >= 0.3 is 6.09 Å². The number of ether oxygens (including phenoxy) is 1. The number of nitrogens with zero attached hydrogens (tertiary/aromatic N) is 4. The molecule has 0 aromatic carbocycles. The number of carbonyl (C=O) groups excluding carboxylic acids is 3. The third-order valence-corrected chi connectivity index (χ3v) is 5.87. The van der Waals surface area contributed by atoms with Gasteiger partial charge in [0.1, 0.15) is 5.69 Å². The van der Waals surface area contributed by atoms with Crippen LogP contribution >= 0.6 is 0 Å². The second-order valence-electron chi connectivity index (χ2n) is 10.0. The fourth-order valence-electron chi connectivity index (χ4n) is 3.82. The summed E-state index contributed by atoms with van der Waals surface area (Å²) in [4.78, 5) is 60.7. The molecule has 3 rings (SSSR count). The van der Waals surface area contributed by atoms with Crippen molar-refractivity contribution in [2.75, 3.05) is 33.5 Å². The summed E-state index contributed by atoms with van der Waals surface area (Å²) >= 11 is 0. The molecule has 0 aliphatic carbocycles. The molecule has 0 bridgehead atoms. The average Bonchev–Trinajstić information content (AvgIpc) is 3.31. The summed E-state index contributed by atoms with van der Waals surface area (Å²) in [7, 11) is 6.27. The second-order valence-corrected chi connectivity index (χ2v) is 10.0. The van der Waals surface area contributed by atoms with Crippen molar-refractivity contribution in [2.24, 2.45) is 0 Å². The van der Waals surface area contributed by atoms with Crippen LogP contribution in [0.2, 0.25) is 0 Å². The maximum atomic E-state index is 13.2. The number of hydrogen-bond donors (Lipinski definition) is 2. The smallest absolute Gasteiger partial charge is 0.410 e. The van der Waals surface area contributed by atoms with Crippen molar-refractivity contribution >= 4 is 40.7 Å². The SMILES string of the molecule is CC(C)=Cc1ccnc2cc(Cn3cccc(NC(=O)C(CCC=CC(=O)N(C)C)OC(=O)N(C)C)c3=O)[nH]c12. The Balaban J connectivity index is 1.78. The van der Waals surface area contributed by atoms with Crippen molar-refractivity contribution in [3.63, 3.8) is 0 Å². The van der Waals surface area contributed by atoms with Crippen LogP contribution in [0, 0.1) is 0 Å². The van der Waals surface area contributed by atoms with Gasteiger partial charge in [-0.25, -0.2) is 4.79 Å². The van der Waals surface area contributed by atoms with E-state index in [4.69, 9.17) is 4.74 Å². The zero-order chi connectivity index (χ0) is 29.4. The molecule has 11 nitrogen and oxygen atoms in total. The minimum Gasteiger partial charge on any atom is -0.436 e. The minimum absolute atomic E-state index is 0.0520. The monoisotopic (exact) mass is 548 g/mol. The van der Waals surface area contributed by atoms with Gasteiger partial charge in [0.25, 0.3) is 11.5 Å². The Labute approximate surface area is 233 Å². The summed E-state index contributed by atoms with van der Waals surface area (Å²) in [6.45, 7) is 4.27. The van der Waals surface area contributed by atoms with Crippen molar-refractivity contribution < 1.29 is 19.1 Å². The van der Waals surface area contributed by atoms with Gasteiger partial charge in [0.05, 0.1) is 17.6 Å². The first-order chi connectivity index (χ1) is 19.0. The zero-order valence-corrected chi connectivity index (χ0v) is 23.7. The first-order valence-electron chi connectivity index (χ1n) is 12.8. The molecule has 2 N–H and O–H groups in total. The molecule has 3 aromatic rings. The Morgan fingerprint density at radius 3 is 2.58 bits per heavy atom. The number of hydrogen-bond acceptors (Lipinski definition) is 6. The molecule has 3 amide bonds. The first kappa shape index (κ1) is 29.9. The summed E-state index contributed by atoms with van der Waals surface area (Å²) in [5.41, 5.74) is 4.23. The summed E-state index contributed by atoms with van der Waals surface area (Å²) < 4.78 is 6.83. The van der Waals surface area contributed by atoms with E-state index >= 15 is 0 Å². The van der Waals surface area contributed by atoms with E-state index in [9.17, 15) is 19.2 Å². The number of pyridine rings is 2. The minimum atomic E-state index is -1.17. The number of fused-ring (bicyclic) bond motifs is 1. The molecular formula is C29H36N6O5. The number of rotatable bonds is 10. The molecule has 212 valence electrons. The Hall–Kier alpha value is -4.67. The van der Waals surface area contributed by atoms with Crippen molar-refractivity contribution in [1.82, 2.24) is 24.3 Å². The highest BCUT2D eigenvalue weighted by atomic mass is 16.6. The molecule has 3 aromatic heterocycles. The Kier molecular flexibility index (Phi) is 10.0. The molecule has 0 spiro atoms. The highest BCUT2D eigenvalue weighted by Gasteiger charge is 2.24. The lowest BCUT2D eigenvalue weighted by Gasteiger charge is -2.19. The van der Waals surface area contributed by atoms with E-state index in [1.165, 1.54) is 40.6 Å². The highest BCUT2D eigenvalue weighted by Crippen LogP contribution is 2.20. The topological polar surface area (TPSA) is 130 Å². The average molecular weight is 549 g/mol. The molecule has 40 heavy (non-hydrogen) atoms. The van der Waals surface area contributed by atoms with Crippen LogP contribution in [-0.4, -0.2) is 76.5 Å². The lowest BCUT2D eigenvalue weighted by atomic mass is 10.1. The van der Waals surface area contributed by atoms with Crippen LogP contribution in [0.3, 0.4) is 0 Å². The van der Waals surface area contributed by atoms with E-state index in [0.717, 1.165) is 27.9 Å².